The molecule has 166 valence electrons. The van der Waals surface area contributed by atoms with Gasteiger partial charge in [-0.15, -0.1) is 0 Å². The SMILES string of the molecule is CNc1c2cc[nH]c2nn1C.C[C@H]1CCC2CN(C(=O)OCc3ccccc3)CC21.[HH].[HH].[HH]. The molecule has 0 radical (unpaired) electrons. The number of hydrogen-bond donors (Lipinski definition) is 2. The van der Waals surface area contributed by atoms with E-state index < -0.39 is 0 Å². The summed E-state index contributed by atoms with van der Waals surface area (Å²) in [6.45, 7) is 4.46. The van der Waals surface area contributed by atoms with Gasteiger partial charge in [0.1, 0.15) is 12.4 Å². The first kappa shape index (κ1) is 20.3. The number of aromatic amines is 1. The molecular formula is C23H37N5O2. The number of H-pyrrole nitrogens is 1. The zero-order valence-corrected chi connectivity index (χ0v) is 18.0. The summed E-state index contributed by atoms with van der Waals surface area (Å²) in [5.41, 5.74) is 1.97. The summed E-state index contributed by atoms with van der Waals surface area (Å²) in [5.74, 6) is 3.21. The molecule has 0 bridgehead atoms. The number of carbonyl (C=O) groups is 1. The van der Waals surface area contributed by atoms with Gasteiger partial charge in [0.25, 0.3) is 0 Å². The maximum absolute atomic E-state index is 12.1. The van der Waals surface area contributed by atoms with Crippen LogP contribution in [0, 0.1) is 17.8 Å². The molecule has 1 aliphatic carbocycles. The van der Waals surface area contributed by atoms with Crippen molar-refractivity contribution in [3.8, 4) is 0 Å². The molecule has 3 atom stereocenters. The molecule has 1 aliphatic heterocycles. The van der Waals surface area contributed by atoms with Crippen LogP contribution >= 0.6 is 0 Å². The molecule has 1 amide bonds. The van der Waals surface area contributed by atoms with E-state index in [1.54, 1.807) is 0 Å². The summed E-state index contributed by atoms with van der Waals surface area (Å²) >= 11 is 0. The van der Waals surface area contributed by atoms with Gasteiger partial charge >= 0.3 is 6.09 Å². The largest absolute Gasteiger partial charge is 0.445 e. The lowest BCUT2D eigenvalue weighted by atomic mass is 9.94. The standard InChI is InChI=1S/C16H21NO2.C7H10N4.3H2/c1-12-7-8-14-9-17(10-15(12)14)16(18)19-11-13-5-3-2-4-6-13;1-8-7-5-3-4-9-6(5)10-11(7)2;;;/h2-6,12,14-15H,7-11H2,1H3;3-4,8H,1-2H3,(H,9,10);3*1H/t12-,14?,15?;;;;/m0..../s1. The minimum Gasteiger partial charge on any atom is -0.445 e. The average Bonchev–Trinajstić information content (AvgIpc) is 3.50. The Morgan fingerprint density at radius 2 is 2.07 bits per heavy atom. The average molecular weight is 416 g/mol. The fraction of sp³-hybridized carbons (Fsp3) is 0.478. The van der Waals surface area contributed by atoms with Crippen molar-refractivity contribution >= 4 is 22.9 Å². The van der Waals surface area contributed by atoms with Crippen LogP contribution in [0.4, 0.5) is 10.6 Å². The van der Waals surface area contributed by atoms with Gasteiger partial charge in [-0.25, -0.2) is 4.79 Å². The number of amides is 1. The van der Waals surface area contributed by atoms with Crippen LogP contribution in [0.3, 0.4) is 0 Å². The molecule has 3 heterocycles. The van der Waals surface area contributed by atoms with Gasteiger partial charge in [-0.1, -0.05) is 43.7 Å². The molecule has 1 saturated heterocycles. The molecule has 1 saturated carbocycles. The number of anilines is 1. The molecule has 2 N–H and O–H groups in total. The zero-order chi connectivity index (χ0) is 21.1. The summed E-state index contributed by atoms with van der Waals surface area (Å²) < 4.78 is 7.22. The van der Waals surface area contributed by atoms with Crippen molar-refractivity contribution in [1.29, 1.82) is 0 Å². The summed E-state index contributed by atoms with van der Waals surface area (Å²) in [4.78, 5) is 17.0. The van der Waals surface area contributed by atoms with Crippen molar-refractivity contribution in [1.82, 2.24) is 19.7 Å². The van der Waals surface area contributed by atoms with Gasteiger partial charge < -0.3 is 19.9 Å². The van der Waals surface area contributed by atoms with Crippen LogP contribution in [0.1, 0.15) is 29.6 Å². The second kappa shape index (κ2) is 8.81. The van der Waals surface area contributed by atoms with Gasteiger partial charge in [0.2, 0.25) is 0 Å². The Bertz CT molecular complexity index is 995. The first-order valence-electron chi connectivity index (χ1n) is 10.7. The van der Waals surface area contributed by atoms with Gasteiger partial charge in [-0.3, -0.25) is 4.68 Å². The van der Waals surface area contributed by atoms with Crippen LogP contribution in [-0.2, 0) is 18.4 Å². The third-order valence-corrected chi connectivity index (χ3v) is 6.47. The van der Waals surface area contributed by atoms with Gasteiger partial charge in [0.15, 0.2) is 5.65 Å². The first-order chi connectivity index (χ1) is 14.6. The Hall–Kier alpha value is -2.96. The summed E-state index contributed by atoms with van der Waals surface area (Å²) in [6.07, 6.45) is 4.33. The van der Waals surface area contributed by atoms with Crippen LogP contribution in [-0.4, -0.2) is 45.9 Å². The van der Waals surface area contributed by atoms with Crippen molar-refractivity contribution in [3.05, 3.63) is 48.2 Å². The van der Waals surface area contributed by atoms with Crippen LogP contribution in [0.2, 0.25) is 0 Å². The van der Waals surface area contributed by atoms with Crippen molar-refractivity contribution in [2.45, 2.75) is 26.4 Å². The molecular weight excluding hydrogens is 378 g/mol. The van der Waals surface area contributed by atoms with E-state index in [1.807, 2.05) is 66.3 Å². The second-order valence-corrected chi connectivity index (χ2v) is 8.39. The van der Waals surface area contributed by atoms with Crippen LogP contribution in [0.25, 0.3) is 11.0 Å². The number of nitrogens with zero attached hydrogens (tertiary/aromatic N) is 3. The Morgan fingerprint density at radius 3 is 2.80 bits per heavy atom. The van der Waals surface area contributed by atoms with E-state index in [0.717, 1.165) is 41.4 Å². The Balaban J connectivity index is 0.000000337. The summed E-state index contributed by atoms with van der Waals surface area (Å²) in [7, 11) is 3.81. The quantitative estimate of drug-likeness (QED) is 0.632. The van der Waals surface area contributed by atoms with E-state index in [4.69, 9.17) is 4.74 Å². The van der Waals surface area contributed by atoms with Crippen molar-refractivity contribution in [2.75, 3.05) is 25.5 Å². The van der Waals surface area contributed by atoms with Gasteiger partial charge in [0, 0.05) is 37.7 Å². The maximum Gasteiger partial charge on any atom is 0.410 e. The molecule has 5 rings (SSSR count). The lowest BCUT2D eigenvalue weighted by Gasteiger charge is -2.18. The van der Waals surface area contributed by atoms with E-state index in [0.29, 0.717) is 18.4 Å². The van der Waals surface area contributed by atoms with Crippen molar-refractivity contribution in [2.24, 2.45) is 24.8 Å². The predicted octanol–water partition coefficient (Wildman–Crippen LogP) is 4.98. The van der Waals surface area contributed by atoms with E-state index >= 15 is 0 Å². The molecule has 2 aromatic heterocycles. The molecule has 0 spiro atoms. The molecule has 30 heavy (non-hydrogen) atoms. The van der Waals surface area contributed by atoms with Crippen LogP contribution in [0.5, 0.6) is 0 Å². The lowest BCUT2D eigenvalue weighted by Crippen LogP contribution is -2.30. The number of hydrogen-bond acceptors (Lipinski definition) is 4. The van der Waals surface area contributed by atoms with Crippen molar-refractivity contribution < 1.29 is 13.8 Å². The van der Waals surface area contributed by atoms with E-state index in [1.165, 1.54) is 12.8 Å². The zero-order valence-electron chi connectivity index (χ0n) is 18.0. The highest BCUT2D eigenvalue weighted by atomic mass is 16.6. The molecule has 2 fully saturated rings. The number of ether oxygens (including phenoxy) is 1. The minimum absolute atomic E-state index is 0. The van der Waals surface area contributed by atoms with E-state index in [-0.39, 0.29) is 10.4 Å². The molecule has 1 aromatic carbocycles. The van der Waals surface area contributed by atoms with Gasteiger partial charge in [0.05, 0.1) is 5.39 Å². The number of aryl methyl sites for hydroxylation is 1. The highest BCUT2D eigenvalue weighted by Gasteiger charge is 2.42. The maximum atomic E-state index is 12.1. The molecule has 7 heteroatoms. The normalized spacial score (nSPS) is 22.5. The molecule has 7 nitrogen and oxygen atoms in total. The Labute approximate surface area is 181 Å². The minimum atomic E-state index is -0.148. The highest BCUT2D eigenvalue weighted by molar-refractivity contribution is 5.87. The number of nitrogens with one attached hydrogen (secondary N) is 2. The molecule has 2 aliphatic rings. The Kier molecular flexibility index (Phi) is 5.97. The number of rotatable bonds is 3. The first-order valence-corrected chi connectivity index (χ1v) is 10.7. The highest BCUT2D eigenvalue weighted by Crippen LogP contribution is 2.42. The third-order valence-electron chi connectivity index (χ3n) is 6.47. The van der Waals surface area contributed by atoms with Gasteiger partial charge in [-0.05, 0) is 35.8 Å². The summed E-state index contributed by atoms with van der Waals surface area (Å²) in [5, 5.41) is 8.46. The summed E-state index contributed by atoms with van der Waals surface area (Å²) in [6, 6.07) is 11.9. The Morgan fingerprint density at radius 1 is 1.27 bits per heavy atom. The van der Waals surface area contributed by atoms with E-state index in [9.17, 15) is 4.79 Å². The number of likely N-dealkylation sites (tertiary alicyclic amines) is 1. The van der Waals surface area contributed by atoms with Gasteiger partial charge in [-0.2, -0.15) is 5.10 Å². The second-order valence-electron chi connectivity index (χ2n) is 8.39. The number of benzene rings is 1. The molecule has 3 aromatic rings. The van der Waals surface area contributed by atoms with Crippen molar-refractivity contribution in [3.63, 3.8) is 0 Å². The number of aromatic nitrogens is 3. The van der Waals surface area contributed by atoms with Crippen LogP contribution < -0.4 is 5.32 Å². The predicted molar refractivity (Wildman–Crippen MR) is 125 cm³/mol. The topological polar surface area (TPSA) is 75.2 Å². The fourth-order valence-electron chi connectivity index (χ4n) is 4.80. The number of carbonyl (C=O) groups excluding carboxylic acids is 1. The smallest absolute Gasteiger partial charge is 0.410 e. The fourth-order valence-corrected chi connectivity index (χ4v) is 4.80. The lowest BCUT2D eigenvalue weighted by molar-refractivity contribution is 0.101. The van der Waals surface area contributed by atoms with Crippen LogP contribution in [0.15, 0.2) is 42.6 Å². The molecule has 2 unspecified atom stereocenters. The third kappa shape index (κ3) is 4.15. The van der Waals surface area contributed by atoms with E-state index in [2.05, 4.69) is 22.3 Å². The number of fused-ring (bicyclic) bond motifs is 2. The monoisotopic (exact) mass is 415 g/mol.